The SMILES string of the molecule is CC(C)(C)C1CC2CC2CC1C(C)(C)C. The van der Waals surface area contributed by atoms with Crippen LogP contribution in [0.25, 0.3) is 0 Å². The first-order valence-corrected chi connectivity index (χ1v) is 6.69. The second-order valence-corrected chi connectivity index (χ2v) is 8.17. The lowest BCUT2D eigenvalue weighted by atomic mass is 9.59. The summed E-state index contributed by atoms with van der Waals surface area (Å²) in [5.74, 6) is 4.10. The molecule has 0 bridgehead atoms. The van der Waals surface area contributed by atoms with Crippen LogP contribution < -0.4 is 0 Å². The zero-order valence-corrected chi connectivity index (χ0v) is 11.4. The second-order valence-electron chi connectivity index (χ2n) is 8.17. The smallest absolute Gasteiger partial charge is 0.0329 e. The largest absolute Gasteiger partial charge is 0.0599 e. The first-order valence-electron chi connectivity index (χ1n) is 6.69. The maximum atomic E-state index is 2.44. The minimum atomic E-state index is 0.505. The third-order valence-corrected chi connectivity index (χ3v) is 4.89. The fraction of sp³-hybridized carbons (Fsp3) is 1.00. The molecule has 0 spiro atoms. The molecule has 88 valence electrons. The highest BCUT2D eigenvalue weighted by Gasteiger charge is 2.51. The monoisotopic (exact) mass is 208 g/mol. The van der Waals surface area contributed by atoms with Gasteiger partial charge in [0.1, 0.15) is 0 Å². The molecule has 4 atom stereocenters. The average molecular weight is 208 g/mol. The van der Waals surface area contributed by atoms with Gasteiger partial charge in [0, 0.05) is 0 Å². The molecule has 0 saturated heterocycles. The Kier molecular flexibility index (Phi) is 2.48. The van der Waals surface area contributed by atoms with Crippen LogP contribution >= 0.6 is 0 Å². The van der Waals surface area contributed by atoms with Crippen LogP contribution in [-0.4, -0.2) is 0 Å². The second kappa shape index (κ2) is 3.25. The average Bonchev–Trinajstić information content (AvgIpc) is 2.75. The molecule has 0 nitrogen and oxygen atoms in total. The van der Waals surface area contributed by atoms with Gasteiger partial charge in [-0.1, -0.05) is 41.5 Å². The van der Waals surface area contributed by atoms with E-state index in [9.17, 15) is 0 Å². The maximum absolute atomic E-state index is 2.44. The lowest BCUT2D eigenvalue weighted by Gasteiger charge is -2.46. The summed E-state index contributed by atoms with van der Waals surface area (Å²) in [6, 6.07) is 0. The third-order valence-electron chi connectivity index (χ3n) is 4.89. The van der Waals surface area contributed by atoms with Gasteiger partial charge in [-0.25, -0.2) is 0 Å². The van der Waals surface area contributed by atoms with E-state index >= 15 is 0 Å². The van der Waals surface area contributed by atoms with E-state index in [4.69, 9.17) is 0 Å². The first kappa shape index (κ1) is 11.5. The van der Waals surface area contributed by atoms with E-state index in [2.05, 4.69) is 41.5 Å². The van der Waals surface area contributed by atoms with E-state index in [0.717, 1.165) is 23.7 Å². The van der Waals surface area contributed by atoms with Gasteiger partial charge in [0.15, 0.2) is 0 Å². The Labute approximate surface area is 95.8 Å². The van der Waals surface area contributed by atoms with E-state index in [0.29, 0.717) is 10.8 Å². The molecule has 2 aliphatic carbocycles. The van der Waals surface area contributed by atoms with Gasteiger partial charge in [-0.2, -0.15) is 0 Å². The van der Waals surface area contributed by atoms with E-state index in [-0.39, 0.29) is 0 Å². The molecule has 2 fully saturated rings. The Morgan fingerprint density at radius 2 is 0.933 bits per heavy atom. The van der Waals surface area contributed by atoms with Crippen molar-refractivity contribution in [3.63, 3.8) is 0 Å². The summed E-state index contributed by atoms with van der Waals surface area (Å²) in [6.45, 7) is 14.7. The molecule has 2 aliphatic rings. The van der Waals surface area contributed by atoms with Crippen molar-refractivity contribution in [1.82, 2.24) is 0 Å². The summed E-state index contributed by atoms with van der Waals surface area (Å²) in [6.07, 6.45) is 4.56. The first-order chi connectivity index (χ1) is 6.69. The van der Waals surface area contributed by atoms with Gasteiger partial charge in [0.25, 0.3) is 0 Å². The normalized spacial score (nSPS) is 41.2. The highest BCUT2D eigenvalue weighted by atomic mass is 14.6. The molecule has 2 saturated carbocycles. The van der Waals surface area contributed by atoms with Gasteiger partial charge >= 0.3 is 0 Å². The molecule has 0 aromatic heterocycles. The topological polar surface area (TPSA) is 0 Å². The van der Waals surface area contributed by atoms with Crippen LogP contribution in [0.3, 0.4) is 0 Å². The van der Waals surface area contributed by atoms with Crippen molar-refractivity contribution >= 4 is 0 Å². The molecule has 0 radical (unpaired) electrons. The van der Waals surface area contributed by atoms with Crippen LogP contribution in [-0.2, 0) is 0 Å². The fourth-order valence-corrected chi connectivity index (χ4v) is 3.78. The van der Waals surface area contributed by atoms with Crippen LogP contribution in [0, 0.1) is 34.5 Å². The summed E-state index contributed by atoms with van der Waals surface area (Å²) in [4.78, 5) is 0. The van der Waals surface area contributed by atoms with Gasteiger partial charge in [-0.15, -0.1) is 0 Å². The lowest BCUT2D eigenvalue weighted by Crippen LogP contribution is -2.38. The van der Waals surface area contributed by atoms with Gasteiger partial charge in [0.05, 0.1) is 0 Å². The summed E-state index contributed by atoms with van der Waals surface area (Å²) < 4.78 is 0. The van der Waals surface area contributed by atoms with Crippen LogP contribution in [0.2, 0.25) is 0 Å². The number of hydrogen-bond donors (Lipinski definition) is 0. The molecule has 0 aliphatic heterocycles. The van der Waals surface area contributed by atoms with E-state index in [1.165, 1.54) is 12.8 Å². The van der Waals surface area contributed by atoms with Crippen molar-refractivity contribution < 1.29 is 0 Å². The maximum Gasteiger partial charge on any atom is -0.0329 e. The van der Waals surface area contributed by atoms with Crippen LogP contribution in [0.1, 0.15) is 60.8 Å². The molecule has 0 aromatic carbocycles. The van der Waals surface area contributed by atoms with Gasteiger partial charge in [-0.3, -0.25) is 0 Å². The predicted octanol–water partition coefficient (Wildman–Crippen LogP) is 4.74. The van der Waals surface area contributed by atoms with E-state index in [1.54, 1.807) is 6.42 Å². The standard InChI is InChI=1S/C15H28/c1-14(2,3)12-8-10-7-11(10)9-13(12)15(4,5)6/h10-13H,7-9H2,1-6H3. The van der Waals surface area contributed by atoms with Crippen LogP contribution in [0.5, 0.6) is 0 Å². The van der Waals surface area contributed by atoms with Crippen molar-refractivity contribution in [2.45, 2.75) is 60.8 Å². The Morgan fingerprint density at radius 3 is 1.20 bits per heavy atom. The molecule has 15 heavy (non-hydrogen) atoms. The van der Waals surface area contributed by atoms with Crippen molar-refractivity contribution in [1.29, 1.82) is 0 Å². The van der Waals surface area contributed by atoms with Crippen molar-refractivity contribution in [2.75, 3.05) is 0 Å². The summed E-state index contributed by atoms with van der Waals surface area (Å²) in [5, 5.41) is 0. The predicted molar refractivity (Wildman–Crippen MR) is 66.7 cm³/mol. The zero-order chi connectivity index (χ0) is 11.4. The Morgan fingerprint density at radius 1 is 0.600 bits per heavy atom. The summed E-state index contributed by atoms with van der Waals surface area (Å²) in [5.41, 5.74) is 1.01. The van der Waals surface area contributed by atoms with Crippen LogP contribution in [0.4, 0.5) is 0 Å². The molecule has 4 unspecified atom stereocenters. The molecule has 0 N–H and O–H groups in total. The van der Waals surface area contributed by atoms with Gasteiger partial charge in [-0.05, 0) is 53.8 Å². The quantitative estimate of drug-likeness (QED) is 0.539. The van der Waals surface area contributed by atoms with Gasteiger partial charge < -0.3 is 0 Å². The van der Waals surface area contributed by atoms with Crippen molar-refractivity contribution in [2.24, 2.45) is 34.5 Å². The molecule has 0 amide bonds. The molecule has 0 heteroatoms. The Balaban J connectivity index is 2.18. The molecular formula is C15H28. The zero-order valence-electron chi connectivity index (χ0n) is 11.4. The fourth-order valence-electron chi connectivity index (χ4n) is 3.78. The Bertz CT molecular complexity index is 212. The van der Waals surface area contributed by atoms with E-state index < -0.39 is 0 Å². The van der Waals surface area contributed by atoms with E-state index in [1.807, 2.05) is 0 Å². The highest BCUT2D eigenvalue weighted by molar-refractivity contribution is 5.01. The van der Waals surface area contributed by atoms with Crippen LogP contribution in [0.15, 0.2) is 0 Å². The molecule has 2 rings (SSSR count). The number of hydrogen-bond acceptors (Lipinski definition) is 0. The highest BCUT2D eigenvalue weighted by Crippen LogP contribution is 2.60. The molecule has 0 aromatic rings. The third kappa shape index (κ3) is 2.24. The number of fused-ring (bicyclic) bond motifs is 1. The minimum Gasteiger partial charge on any atom is -0.0599 e. The number of rotatable bonds is 0. The Hall–Kier alpha value is 0. The van der Waals surface area contributed by atoms with Crippen molar-refractivity contribution in [3.8, 4) is 0 Å². The molecule has 0 heterocycles. The molecular weight excluding hydrogens is 180 g/mol. The van der Waals surface area contributed by atoms with Gasteiger partial charge in [0.2, 0.25) is 0 Å². The summed E-state index contributed by atoms with van der Waals surface area (Å²) in [7, 11) is 0. The minimum absolute atomic E-state index is 0.505. The van der Waals surface area contributed by atoms with Crippen molar-refractivity contribution in [3.05, 3.63) is 0 Å². The lowest BCUT2D eigenvalue weighted by molar-refractivity contribution is 0.0292. The summed E-state index contributed by atoms with van der Waals surface area (Å²) >= 11 is 0.